The SMILES string of the molecule is Cc1c(Br)cc(C(=O)O)cc1S(=O)(=O)Cc1ncccn1. The lowest BCUT2D eigenvalue weighted by Crippen LogP contribution is -2.11. The van der Waals surface area contributed by atoms with Crippen molar-refractivity contribution in [1.82, 2.24) is 9.97 Å². The van der Waals surface area contributed by atoms with E-state index in [1.54, 1.807) is 13.0 Å². The third-order valence-corrected chi connectivity index (χ3v) is 5.37. The number of nitrogens with zero attached hydrogens (tertiary/aromatic N) is 2. The predicted molar refractivity (Wildman–Crippen MR) is 78.8 cm³/mol. The Balaban J connectivity index is 2.52. The van der Waals surface area contributed by atoms with Gasteiger partial charge < -0.3 is 5.11 Å². The van der Waals surface area contributed by atoms with E-state index in [0.717, 1.165) is 6.07 Å². The maximum atomic E-state index is 12.5. The van der Waals surface area contributed by atoms with Gasteiger partial charge in [0, 0.05) is 16.9 Å². The highest BCUT2D eigenvalue weighted by Crippen LogP contribution is 2.27. The topological polar surface area (TPSA) is 97.2 Å². The molecule has 0 atom stereocenters. The van der Waals surface area contributed by atoms with E-state index in [4.69, 9.17) is 5.11 Å². The number of aromatic nitrogens is 2. The Hall–Kier alpha value is -1.80. The molecule has 0 spiro atoms. The van der Waals surface area contributed by atoms with E-state index >= 15 is 0 Å². The largest absolute Gasteiger partial charge is 0.478 e. The standard InChI is InChI=1S/C13H11BrN2O4S/c1-8-10(14)5-9(13(17)18)6-11(8)21(19,20)7-12-15-3-2-4-16-12/h2-6H,7H2,1H3,(H,17,18). The van der Waals surface area contributed by atoms with Crippen molar-refractivity contribution in [1.29, 1.82) is 0 Å². The molecule has 0 amide bonds. The molecule has 0 bridgehead atoms. The van der Waals surface area contributed by atoms with Crippen molar-refractivity contribution in [3.63, 3.8) is 0 Å². The number of carbonyl (C=O) groups is 1. The zero-order chi connectivity index (χ0) is 15.6. The first-order valence-corrected chi connectivity index (χ1v) is 8.28. The molecule has 21 heavy (non-hydrogen) atoms. The normalized spacial score (nSPS) is 11.3. The highest BCUT2D eigenvalue weighted by Gasteiger charge is 2.22. The molecule has 1 aromatic heterocycles. The summed E-state index contributed by atoms with van der Waals surface area (Å²) in [6.45, 7) is 1.61. The van der Waals surface area contributed by atoms with Gasteiger partial charge in [0.1, 0.15) is 11.6 Å². The van der Waals surface area contributed by atoms with Crippen LogP contribution in [0.5, 0.6) is 0 Å². The first-order valence-electron chi connectivity index (χ1n) is 5.83. The van der Waals surface area contributed by atoms with Crippen LogP contribution in [0.2, 0.25) is 0 Å². The number of carboxylic acids is 1. The number of aromatic carboxylic acids is 1. The van der Waals surface area contributed by atoms with Gasteiger partial charge in [-0.15, -0.1) is 0 Å². The monoisotopic (exact) mass is 370 g/mol. The molecule has 0 saturated heterocycles. The maximum Gasteiger partial charge on any atom is 0.335 e. The van der Waals surface area contributed by atoms with E-state index < -0.39 is 15.8 Å². The van der Waals surface area contributed by atoms with E-state index in [1.807, 2.05) is 0 Å². The fourth-order valence-corrected chi connectivity index (χ4v) is 3.87. The summed E-state index contributed by atoms with van der Waals surface area (Å²) in [6, 6.07) is 4.11. The summed E-state index contributed by atoms with van der Waals surface area (Å²) in [6.07, 6.45) is 2.91. The van der Waals surface area contributed by atoms with Crippen molar-refractivity contribution < 1.29 is 18.3 Å². The van der Waals surface area contributed by atoms with Gasteiger partial charge in [0.2, 0.25) is 0 Å². The molecule has 0 aliphatic heterocycles. The first-order chi connectivity index (χ1) is 9.81. The van der Waals surface area contributed by atoms with E-state index in [9.17, 15) is 13.2 Å². The number of hydrogen-bond acceptors (Lipinski definition) is 5. The summed E-state index contributed by atoms with van der Waals surface area (Å²) in [5.74, 6) is -1.42. The van der Waals surface area contributed by atoms with Gasteiger partial charge in [0.15, 0.2) is 9.84 Å². The molecule has 0 aliphatic rings. The van der Waals surface area contributed by atoms with Gasteiger partial charge in [-0.25, -0.2) is 23.2 Å². The summed E-state index contributed by atoms with van der Waals surface area (Å²) in [7, 11) is -3.74. The smallest absolute Gasteiger partial charge is 0.335 e. The molecule has 2 aromatic rings. The first kappa shape index (κ1) is 15.6. The number of carboxylic acid groups (broad SMARTS) is 1. The van der Waals surface area contributed by atoms with Crippen LogP contribution in [0.4, 0.5) is 0 Å². The number of sulfone groups is 1. The average Bonchev–Trinajstić information content (AvgIpc) is 2.41. The van der Waals surface area contributed by atoms with Crippen molar-refractivity contribution >= 4 is 31.7 Å². The Labute approximate surface area is 129 Å². The fourth-order valence-electron chi connectivity index (χ4n) is 1.75. The number of hydrogen-bond donors (Lipinski definition) is 1. The third kappa shape index (κ3) is 3.45. The van der Waals surface area contributed by atoms with Crippen LogP contribution in [0.3, 0.4) is 0 Å². The van der Waals surface area contributed by atoms with Gasteiger partial charge >= 0.3 is 5.97 Å². The van der Waals surface area contributed by atoms with Crippen LogP contribution in [-0.2, 0) is 15.6 Å². The summed E-state index contributed by atoms with van der Waals surface area (Å²) in [5, 5.41) is 9.04. The lowest BCUT2D eigenvalue weighted by atomic mass is 10.1. The van der Waals surface area contributed by atoms with Crippen molar-refractivity contribution in [3.05, 3.63) is 52.0 Å². The molecule has 0 unspecified atom stereocenters. The number of rotatable bonds is 4. The van der Waals surface area contributed by atoms with Gasteiger partial charge in [-0.1, -0.05) is 15.9 Å². The molecule has 0 radical (unpaired) electrons. The molecule has 1 N–H and O–H groups in total. The Morgan fingerprint density at radius 3 is 2.48 bits per heavy atom. The molecule has 6 nitrogen and oxygen atoms in total. The molecule has 1 heterocycles. The molecule has 0 fully saturated rings. The van der Waals surface area contributed by atoms with Crippen molar-refractivity contribution in [2.24, 2.45) is 0 Å². The molecule has 8 heteroatoms. The van der Waals surface area contributed by atoms with Crippen LogP contribution >= 0.6 is 15.9 Å². The molecule has 110 valence electrons. The van der Waals surface area contributed by atoms with Crippen LogP contribution < -0.4 is 0 Å². The third-order valence-electron chi connectivity index (χ3n) is 2.82. The molecular formula is C13H11BrN2O4S. The summed E-state index contributed by atoms with van der Waals surface area (Å²) >= 11 is 3.18. The summed E-state index contributed by atoms with van der Waals surface area (Å²) in [4.78, 5) is 18.8. The summed E-state index contributed by atoms with van der Waals surface area (Å²) in [5.41, 5.74) is 0.357. The highest BCUT2D eigenvalue weighted by molar-refractivity contribution is 9.10. The minimum Gasteiger partial charge on any atom is -0.478 e. The van der Waals surface area contributed by atoms with E-state index in [-0.39, 0.29) is 22.0 Å². The van der Waals surface area contributed by atoms with E-state index in [1.165, 1.54) is 18.5 Å². The van der Waals surface area contributed by atoms with Crippen LogP contribution in [-0.4, -0.2) is 29.5 Å². The van der Waals surface area contributed by atoms with Gasteiger partial charge in [-0.2, -0.15) is 0 Å². The Morgan fingerprint density at radius 2 is 1.90 bits per heavy atom. The highest BCUT2D eigenvalue weighted by atomic mass is 79.9. The molecular weight excluding hydrogens is 360 g/mol. The van der Waals surface area contributed by atoms with Crippen LogP contribution in [0.25, 0.3) is 0 Å². The van der Waals surface area contributed by atoms with Crippen molar-refractivity contribution in [3.8, 4) is 0 Å². The van der Waals surface area contributed by atoms with Crippen LogP contribution in [0.15, 0.2) is 40.0 Å². The minimum atomic E-state index is -3.74. The van der Waals surface area contributed by atoms with Crippen LogP contribution in [0, 0.1) is 6.92 Å². The quantitative estimate of drug-likeness (QED) is 0.885. The van der Waals surface area contributed by atoms with Crippen molar-refractivity contribution in [2.45, 2.75) is 17.6 Å². The van der Waals surface area contributed by atoms with Gasteiger partial charge in [0.05, 0.1) is 10.5 Å². The van der Waals surface area contributed by atoms with Gasteiger partial charge in [-0.3, -0.25) is 0 Å². The number of benzene rings is 1. The molecule has 0 saturated carbocycles. The molecule has 1 aromatic carbocycles. The fraction of sp³-hybridized carbons (Fsp3) is 0.154. The Morgan fingerprint density at radius 1 is 1.29 bits per heavy atom. The minimum absolute atomic E-state index is 0.0401. The van der Waals surface area contributed by atoms with E-state index in [0.29, 0.717) is 10.0 Å². The average molecular weight is 371 g/mol. The zero-order valence-electron chi connectivity index (χ0n) is 10.9. The second-order valence-electron chi connectivity index (χ2n) is 4.31. The Kier molecular flexibility index (Phi) is 4.38. The van der Waals surface area contributed by atoms with Gasteiger partial charge in [-0.05, 0) is 30.7 Å². The second kappa shape index (κ2) is 5.90. The number of halogens is 1. The van der Waals surface area contributed by atoms with Crippen molar-refractivity contribution in [2.75, 3.05) is 0 Å². The molecule has 2 rings (SSSR count). The van der Waals surface area contributed by atoms with E-state index in [2.05, 4.69) is 25.9 Å². The van der Waals surface area contributed by atoms with Crippen LogP contribution in [0.1, 0.15) is 21.7 Å². The summed E-state index contributed by atoms with van der Waals surface area (Å²) < 4.78 is 25.3. The second-order valence-corrected chi connectivity index (χ2v) is 7.12. The molecule has 0 aliphatic carbocycles. The van der Waals surface area contributed by atoms with Gasteiger partial charge in [0.25, 0.3) is 0 Å². The lowest BCUT2D eigenvalue weighted by Gasteiger charge is -2.10. The lowest BCUT2D eigenvalue weighted by molar-refractivity contribution is 0.0696. The Bertz CT molecular complexity index is 791. The maximum absolute atomic E-state index is 12.5. The zero-order valence-corrected chi connectivity index (χ0v) is 13.3. The predicted octanol–water partition coefficient (Wildman–Crippen LogP) is 2.22.